The van der Waals surface area contributed by atoms with Crippen LogP contribution in [0.25, 0.3) is 0 Å². The summed E-state index contributed by atoms with van der Waals surface area (Å²) in [5.41, 5.74) is 1.28. The molecule has 0 bridgehead atoms. The highest BCUT2D eigenvalue weighted by Gasteiger charge is 2.35. The fraction of sp³-hybridized carbons (Fsp3) is 0.619. The van der Waals surface area contributed by atoms with E-state index in [1.807, 2.05) is 17.9 Å². The number of nitrogens with zero attached hydrogens (tertiary/aromatic N) is 1. The number of hydrogen-bond donors (Lipinski definition) is 1. The Kier molecular flexibility index (Phi) is 6.11. The number of nitrogens with one attached hydrogen (secondary N) is 1. The van der Waals surface area contributed by atoms with Crippen LogP contribution in [0.5, 0.6) is 0 Å². The predicted molar refractivity (Wildman–Crippen MR) is 99.0 cm³/mol. The van der Waals surface area contributed by atoms with Gasteiger partial charge in [0.15, 0.2) is 0 Å². The summed E-state index contributed by atoms with van der Waals surface area (Å²) in [4.78, 5) is 26.8. The lowest BCUT2D eigenvalue weighted by atomic mass is 9.95. The molecule has 1 saturated carbocycles. The van der Waals surface area contributed by atoms with Crippen molar-refractivity contribution >= 4 is 11.8 Å². The summed E-state index contributed by atoms with van der Waals surface area (Å²) in [6.45, 7) is 3.42. The van der Waals surface area contributed by atoms with Crippen molar-refractivity contribution in [3.05, 3.63) is 35.9 Å². The maximum Gasteiger partial charge on any atom is 0.225 e. The van der Waals surface area contributed by atoms with Gasteiger partial charge in [-0.2, -0.15) is 0 Å². The van der Waals surface area contributed by atoms with E-state index >= 15 is 0 Å². The maximum atomic E-state index is 12.8. The minimum atomic E-state index is -0.0495. The SMILES string of the molecule is CCCC(=O)N1CCC[C@@H](C(=O)N[C@@H](Cc2ccccc2)C2CC2)C1. The number of rotatable bonds is 7. The summed E-state index contributed by atoms with van der Waals surface area (Å²) in [6, 6.07) is 10.6. The van der Waals surface area contributed by atoms with E-state index in [0.717, 1.165) is 32.2 Å². The lowest BCUT2D eigenvalue weighted by Gasteiger charge is -2.33. The molecule has 1 N–H and O–H groups in total. The number of carbonyl (C=O) groups is 2. The number of piperidine rings is 1. The summed E-state index contributed by atoms with van der Waals surface area (Å²) in [7, 11) is 0. The lowest BCUT2D eigenvalue weighted by Crippen LogP contribution is -2.48. The normalized spacial score (nSPS) is 21.6. The highest BCUT2D eigenvalue weighted by atomic mass is 16.2. The van der Waals surface area contributed by atoms with Crippen molar-refractivity contribution in [1.82, 2.24) is 10.2 Å². The lowest BCUT2D eigenvalue weighted by molar-refractivity contribution is -0.136. The Bertz CT molecular complexity index is 583. The molecule has 2 aliphatic rings. The van der Waals surface area contributed by atoms with Crippen LogP contribution in [0, 0.1) is 11.8 Å². The second-order valence-corrected chi connectivity index (χ2v) is 7.57. The van der Waals surface area contributed by atoms with Crippen LogP contribution >= 0.6 is 0 Å². The predicted octanol–water partition coefficient (Wildman–Crippen LogP) is 3.16. The molecule has 4 heteroatoms. The first-order valence-electron chi connectivity index (χ1n) is 9.79. The molecule has 0 aromatic heterocycles. The van der Waals surface area contributed by atoms with Crippen molar-refractivity contribution in [3.63, 3.8) is 0 Å². The fourth-order valence-electron chi connectivity index (χ4n) is 3.79. The molecule has 2 fully saturated rings. The number of carbonyl (C=O) groups excluding carboxylic acids is 2. The number of hydrogen-bond acceptors (Lipinski definition) is 2. The zero-order valence-corrected chi connectivity index (χ0v) is 15.2. The fourth-order valence-corrected chi connectivity index (χ4v) is 3.79. The highest BCUT2D eigenvalue weighted by molar-refractivity contribution is 5.81. The van der Waals surface area contributed by atoms with Crippen LogP contribution in [-0.4, -0.2) is 35.8 Å². The molecular weight excluding hydrogens is 312 g/mol. The molecule has 1 heterocycles. The van der Waals surface area contributed by atoms with E-state index < -0.39 is 0 Å². The first-order valence-corrected chi connectivity index (χ1v) is 9.79. The van der Waals surface area contributed by atoms with Crippen LogP contribution in [0.4, 0.5) is 0 Å². The molecule has 25 heavy (non-hydrogen) atoms. The summed E-state index contributed by atoms with van der Waals surface area (Å²) in [5.74, 6) is 0.905. The van der Waals surface area contributed by atoms with E-state index in [-0.39, 0.29) is 23.8 Å². The molecule has 4 nitrogen and oxygen atoms in total. The standard InChI is InChI=1S/C21H30N2O2/c1-2-7-20(24)23-13-6-10-18(15-23)21(25)22-19(17-11-12-17)14-16-8-4-3-5-9-16/h3-5,8-9,17-19H,2,6-7,10-15H2,1H3,(H,22,25)/t18-,19+/m1/s1. The van der Waals surface area contributed by atoms with Crippen molar-refractivity contribution in [3.8, 4) is 0 Å². The largest absolute Gasteiger partial charge is 0.352 e. The van der Waals surface area contributed by atoms with Gasteiger partial charge in [0.2, 0.25) is 11.8 Å². The smallest absolute Gasteiger partial charge is 0.225 e. The Morgan fingerprint density at radius 1 is 1.20 bits per heavy atom. The molecule has 1 aliphatic heterocycles. The molecule has 1 saturated heterocycles. The van der Waals surface area contributed by atoms with E-state index in [1.54, 1.807) is 0 Å². The Morgan fingerprint density at radius 2 is 1.96 bits per heavy atom. The van der Waals surface area contributed by atoms with Gasteiger partial charge in [-0.05, 0) is 50.0 Å². The van der Waals surface area contributed by atoms with Gasteiger partial charge < -0.3 is 10.2 Å². The van der Waals surface area contributed by atoms with Crippen LogP contribution < -0.4 is 5.32 Å². The average Bonchev–Trinajstić information content (AvgIpc) is 3.47. The molecule has 1 aliphatic carbocycles. The minimum absolute atomic E-state index is 0.0495. The van der Waals surface area contributed by atoms with Crippen LogP contribution in [0.1, 0.15) is 51.0 Å². The van der Waals surface area contributed by atoms with E-state index in [0.29, 0.717) is 18.9 Å². The van der Waals surface area contributed by atoms with Crippen molar-refractivity contribution < 1.29 is 9.59 Å². The molecule has 0 unspecified atom stereocenters. The molecule has 1 aromatic rings. The quantitative estimate of drug-likeness (QED) is 0.827. The zero-order valence-electron chi connectivity index (χ0n) is 15.2. The molecule has 3 rings (SSSR count). The highest BCUT2D eigenvalue weighted by Crippen LogP contribution is 2.34. The van der Waals surface area contributed by atoms with Crippen LogP contribution in [0.3, 0.4) is 0 Å². The van der Waals surface area contributed by atoms with Gasteiger partial charge in [-0.3, -0.25) is 9.59 Å². The van der Waals surface area contributed by atoms with Crippen molar-refractivity contribution in [1.29, 1.82) is 0 Å². The van der Waals surface area contributed by atoms with E-state index in [9.17, 15) is 9.59 Å². The second kappa shape index (κ2) is 8.50. The Balaban J connectivity index is 1.56. The Hall–Kier alpha value is -1.84. The van der Waals surface area contributed by atoms with E-state index in [4.69, 9.17) is 0 Å². The maximum absolute atomic E-state index is 12.8. The summed E-state index contributed by atoms with van der Waals surface area (Å²) < 4.78 is 0. The summed E-state index contributed by atoms with van der Waals surface area (Å²) in [6.07, 6.45) is 6.61. The van der Waals surface area contributed by atoms with Gasteiger partial charge in [0, 0.05) is 25.6 Å². The monoisotopic (exact) mass is 342 g/mol. The first kappa shape index (κ1) is 18.0. The number of likely N-dealkylation sites (tertiary alicyclic amines) is 1. The first-order chi connectivity index (χ1) is 12.2. The van der Waals surface area contributed by atoms with Gasteiger partial charge in [0.1, 0.15) is 0 Å². The van der Waals surface area contributed by atoms with E-state index in [1.165, 1.54) is 18.4 Å². The Morgan fingerprint density at radius 3 is 2.64 bits per heavy atom. The third-order valence-corrected chi connectivity index (χ3v) is 5.43. The molecule has 1 aromatic carbocycles. The topological polar surface area (TPSA) is 49.4 Å². The van der Waals surface area contributed by atoms with Crippen LogP contribution in [0.2, 0.25) is 0 Å². The van der Waals surface area contributed by atoms with Gasteiger partial charge in [-0.1, -0.05) is 37.3 Å². The van der Waals surface area contributed by atoms with Gasteiger partial charge >= 0.3 is 0 Å². The van der Waals surface area contributed by atoms with Gasteiger partial charge in [-0.25, -0.2) is 0 Å². The van der Waals surface area contributed by atoms with E-state index in [2.05, 4.69) is 29.6 Å². The summed E-state index contributed by atoms with van der Waals surface area (Å²) in [5, 5.41) is 3.31. The Labute approximate surface area is 151 Å². The molecule has 0 radical (unpaired) electrons. The number of benzene rings is 1. The third kappa shape index (κ3) is 5.07. The summed E-state index contributed by atoms with van der Waals surface area (Å²) >= 11 is 0. The number of amides is 2. The van der Waals surface area contributed by atoms with Gasteiger partial charge in [0.25, 0.3) is 0 Å². The molecule has 2 amide bonds. The molecular formula is C21H30N2O2. The van der Waals surface area contributed by atoms with Crippen molar-refractivity contribution in [2.75, 3.05) is 13.1 Å². The van der Waals surface area contributed by atoms with Crippen molar-refractivity contribution in [2.45, 2.75) is 57.9 Å². The molecule has 0 spiro atoms. The van der Waals surface area contributed by atoms with Gasteiger partial charge in [-0.15, -0.1) is 0 Å². The van der Waals surface area contributed by atoms with Crippen molar-refractivity contribution in [2.24, 2.45) is 11.8 Å². The minimum Gasteiger partial charge on any atom is -0.352 e. The van der Waals surface area contributed by atoms with Gasteiger partial charge in [0.05, 0.1) is 5.92 Å². The molecule has 2 atom stereocenters. The molecule has 136 valence electrons. The second-order valence-electron chi connectivity index (χ2n) is 7.57. The van der Waals surface area contributed by atoms with Crippen LogP contribution in [0.15, 0.2) is 30.3 Å². The zero-order chi connectivity index (χ0) is 17.6. The third-order valence-electron chi connectivity index (χ3n) is 5.43. The van der Waals surface area contributed by atoms with Crippen LogP contribution in [-0.2, 0) is 16.0 Å². The average molecular weight is 342 g/mol.